The largest absolute Gasteiger partial charge is 0.405 e. The van der Waals surface area contributed by atoms with Gasteiger partial charge in [-0.05, 0) is 63.2 Å². The second-order valence-electron chi connectivity index (χ2n) is 6.67. The molecule has 7 nitrogen and oxygen atoms in total. The normalized spacial score (nSPS) is 19.9. The van der Waals surface area contributed by atoms with Crippen molar-refractivity contribution in [1.29, 1.82) is 0 Å². The SMILES string of the molecule is CC1=N/C=C(/C(=O)NC(C)CO)C/C=C(/C(C=CN)=Nc2cccc(C)n2)C=C1. The summed E-state index contributed by atoms with van der Waals surface area (Å²) in [4.78, 5) is 25.9. The molecular formula is C22H27N5O2. The van der Waals surface area contributed by atoms with Crippen molar-refractivity contribution in [3.8, 4) is 0 Å². The number of pyridine rings is 1. The van der Waals surface area contributed by atoms with Crippen LogP contribution in [0.25, 0.3) is 0 Å². The van der Waals surface area contributed by atoms with E-state index >= 15 is 0 Å². The number of allylic oxidation sites excluding steroid dienone is 5. The number of aryl methyl sites for hydroxylation is 1. The Morgan fingerprint density at radius 1 is 1.38 bits per heavy atom. The van der Waals surface area contributed by atoms with Crippen molar-refractivity contribution in [2.75, 3.05) is 6.61 Å². The van der Waals surface area contributed by atoms with Crippen molar-refractivity contribution in [3.63, 3.8) is 0 Å². The van der Waals surface area contributed by atoms with Gasteiger partial charge >= 0.3 is 0 Å². The molecule has 7 heteroatoms. The number of nitrogens with two attached hydrogens (primary N) is 1. The van der Waals surface area contributed by atoms with E-state index in [1.807, 2.05) is 50.3 Å². The Hall–Kier alpha value is -3.32. The summed E-state index contributed by atoms with van der Waals surface area (Å²) < 4.78 is 0. The van der Waals surface area contributed by atoms with Crippen LogP contribution in [0.15, 0.2) is 76.0 Å². The van der Waals surface area contributed by atoms with Gasteiger partial charge in [-0.25, -0.2) is 9.98 Å². The van der Waals surface area contributed by atoms with Crippen molar-refractivity contribution < 1.29 is 9.90 Å². The lowest BCUT2D eigenvalue weighted by Gasteiger charge is -2.12. The predicted molar refractivity (Wildman–Crippen MR) is 117 cm³/mol. The average Bonchev–Trinajstić information content (AvgIpc) is 2.78. The van der Waals surface area contributed by atoms with Gasteiger partial charge in [0.25, 0.3) is 0 Å². The number of rotatable bonds is 6. The van der Waals surface area contributed by atoms with Gasteiger partial charge in [0.05, 0.1) is 12.3 Å². The van der Waals surface area contributed by atoms with Gasteiger partial charge in [0.1, 0.15) is 0 Å². The molecule has 1 unspecified atom stereocenters. The summed E-state index contributed by atoms with van der Waals surface area (Å²) >= 11 is 0. The number of carbonyl (C=O) groups is 1. The minimum absolute atomic E-state index is 0.133. The first-order valence-electron chi connectivity index (χ1n) is 9.37. The fourth-order valence-corrected chi connectivity index (χ4v) is 2.48. The molecule has 0 saturated heterocycles. The predicted octanol–water partition coefficient (Wildman–Crippen LogP) is 2.66. The fraction of sp³-hybridized carbons (Fsp3) is 0.273. The molecular weight excluding hydrogens is 366 g/mol. The summed E-state index contributed by atoms with van der Waals surface area (Å²) in [5.41, 5.74) is 9.14. The molecule has 0 radical (unpaired) electrons. The molecule has 2 rings (SSSR count). The molecule has 0 aliphatic carbocycles. The molecule has 1 amide bonds. The molecule has 0 bridgehead atoms. The van der Waals surface area contributed by atoms with Gasteiger partial charge in [-0.1, -0.05) is 18.2 Å². The van der Waals surface area contributed by atoms with Crippen molar-refractivity contribution in [3.05, 3.63) is 71.7 Å². The van der Waals surface area contributed by atoms with Crippen LogP contribution in [0.3, 0.4) is 0 Å². The molecule has 1 aromatic rings. The molecule has 0 aromatic carbocycles. The topological polar surface area (TPSA) is 113 Å². The van der Waals surface area contributed by atoms with Crippen LogP contribution in [0, 0.1) is 6.92 Å². The maximum Gasteiger partial charge on any atom is 0.249 e. The molecule has 0 spiro atoms. The van der Waals surface area contributed by atoms with Crippen LogP contribution in [0.5, 0.6) is 0 Å². The van der Waals surface area contributed by atoms with Crippen LogP contribution in [0.2, 0.25) is 0 Å². The summed E-state index contributed by atoms with van der Waals surface area (Å²) in [6, 6.07) is 5.27. The van der Waals surface area contributed by atoms with Gasteiger partial charge in [-0.3, -0.25) is 9.79 Å². The van der Waals surface area contributed by atoms with Crippen LogP contribution >= 0.6 is 0 Å². The number of aliphatic imine (C=N–C) groups is 2. The average molecular weight is 393 g/mol. The van der Waals surface area contributed by atoms with Crippen LogP contribution in [-0.4, -0.2) is 40.1 Å². The molecule has 29 heavy (non-hydrogen) atoms. The summed E-state index contributed by atoms with van der Waals surface area (Å²) in [5, 5.41) is 11.9. The molecule has 0 fully saturated rings. The van der Waals surface area contributed by atoms with E-state index in [-0.39, 0.29) is 18.6 Å². The van der Waals surface area contributed by atoms with Gasteiger partial charge in [-0.15, -0.1) is 0 Å². The van der Waals surface area contributed by atoms with Gasteiger partial charge in [0.15, 0.2) is 5.82 Å². The Balaban J connectivity index is 2.41. The monoisotopic (exact) mass is 393 g/mol. The van der Waals surface area contributed by atoms with Crippen LogP contribution in [-0.2, 0) is 4.79 Å². The van der Waals surface area contributed by atoms with E-state index < -0.39 is 0 Å². The minimum atomic E-state index is -0.340. The van der Waals surface area contributed by atoms with E-state index in [1.165, 1.54) is 6.20 Å². The van der Waals surface area contributed by atoms with Crippen LogP contribution in [0.1, 0.15) is 26.0 Å². The molecule has 1 aliphatic heterocycles. The number of hydrogen-bond acceptors (Lipinski definition) is 6. The highest BCUT2D eigenvalue weighted by Crippen LogP contribution is 2.16. The molecule has 4 N–H and O–H groups in total. The van der Waals surface area contributed by atoms with E-state index in [0.29, 0.717) is 23.5 Å². The van der Waals surface area contributed by atoms with E-state index in [0.717, 1.165) is 17.0 Å². The third-order valence-electron chi connectivity index (χ3n) is 4.07. The van der Waals surface area contributed by atoms with Crippen molar-refractivity contribution >= 4 is 23.1 Å². The highest BCUT2D eigenvalue weighted by atomic mass is 16.3. The molecule has 0 saturated carbocycles. The Morgan fingerprint density at radius 3 is 2.86 bits per heavy atom. The zero-order valence-corrected chi connectivity index (χ0v) is 17.0. The number of aliphatic hydroxyl groups excluding tert-OH is 1. The van der Waals surface area contributed by atoms with Crippen molar-refractivity contribution in [1.82, 2.24) is 10.3 Å². The highest BCUT2D eigenvalue weighted by molar-refractivity contribution is 6.12. The van der Waals surface area contributed by atoms with Crippen LogP contribution in [0.4, 0.5) is 5.82 Å². The molecule has 1 atom stereocenters. The Bertz CT molecular complexity index is 923. The smallest absolute Gasteiger partial charge is 0.249 e. The summed E-state index contributed by atoms with van der Waals surface area (Å²) in [6.07, 6.45) is 10.6. The Kier molecular flexibility index (Phi) is 8.24. The second kappa shape index (κ2) is 10.9. The zero-order valence-electron chi connectivity index (χ0n) is 17.0. The molecule has 1 aromatic heterocycles. The first-order valence-corrected chi connectivity index (χ1v) is 9.37. The lowest BCUT2D eigenvalue weighted by atomic mass is 10.0. The third-order valence-corrected chi connectivity index (χ3v) is 4.07. The minimum Gasteiger partial charge on any atom is -0.405 e. The maximum atomic E-state index is 12.5. The molecule has 152 valence electrons. The van der Waals surface area contributed by atoms with E-state index in [2.05, 4.69) is 20.3 Å². The summed E-state index contributed by atoms with van der Waals surface area (Å²) in [7, 11) is 0. The number of aliphatic hydroxyl groups is 1. The number of hydrogen-bond donors (Lipinski definition) is 3. The number of nitrogens with zero attached hydrogens (tertiary/aromatic N) is 3. The van der Waals surface area contributed by atoms with E-state index in [4.69, 9.17) is 5.73 Å². The summed E-state index contributed by atoms with van der Waals surface area (Å²) in [5.74, 6) is 0.303. The number of amides is 1. The first-order chi connectivity index (χ1) is 13.9. The zero-order chi connectivity index (χ0) is 21.2. The second-order valence-corrected chi connectivity index (χ2v) is 6.67. The third kappa shape index (κ3) is 6.97. The number of aromatic nitrogens is 1. The Morgan fingerprint density at radius 2 is 2.17 bits per heavy atom. The van der Waals surface area contributed by atoms with Gasteiger partial charge < -0.3 is 16.2 Å². The van der Waals surface area contributed by atoms with Crippen molar-refractivity contribution in [2.45, 2.75) is 33.2 Å². The lowest BCUT2D eigenvalue weighted by Crippen LogP contribution is -2.35. The van der Waals surface area contributed by atoms with E-state index in [9.17, 15) is 9.90 Å². The quantitative estimate of drug-likeness (QED) is 0.645. The number of nitrogens with one attached hydrogen (secondary N) is 1. The van der Waals surface area contributed by atoms with E-state index in [1.54, 1.807) is 19.2 Å². The number of carbonyl (C=O) groups excluding carboxylic acids is 1. The van der Waals surface area contributed by atoms with Crippen molar-refractivity contribution in [2.24, 2.45) is 15.7 Å². The highest BCUT2D eigenvalue weighted by Gasteiger charge is 2.13. The van der Waals surface area contributed by atoms with Gasteiger partial charge in [0, 0.05) is 29.2 Å². The Labute approximate surface area is 171 Å². The molecule has 1 aliphatic rings. The first kappa shape index (κ1) is 22.0. The molecule has 2 heterocycles. The maximum absolute atomic E-state index is 12.5. The summed E-state index contributed by atoms with van der Waals surface area (Å²) in [6.45, 7) is 5.35. The van der Waals surface area contributed by atoms with Gasteiger partial charge in [0.2, 0.25) is 5.91 Å². The van der Waals surface area contributed by atoms with Gasteiger partial charge in [-0.2, -0.15) is 0 Å². The fourth-order valence-electron chi connectivity index (χ4n) is 2.48. The standard InChI is InChI=1S/C22H27N5O2/c1-15-7-8-18(9-10-19(13-24-15)22(29)26-17(3)14-28)20(11-12-23)27-21-6-4-5-16(2)25-21/h4-9,11-13,17,28H,10,14,23H2,1-3H3,(H,26,29)/b8-7?,12-11?,18-9+,19-13+,24-15?,27-20?. The van der Waals surface area contributed by atoms with Crippen LogP contribution < -0.4 is 11.1 Å². The lowest BCUT2D eigenvalue weighted by molar-refractivity contribution is -0.118.